The Morgan fingerprint density at radius 1 is 0.895 bits per heavy atom. The van der Waals surface area contributed by atoms with Gasteiger partial charge in [-0.2, -0.15) is 0 Å². The Morgan fingerprint density at radius 3 is 1.42 bits per heavy atom. The van der Waals surface area contributed by atoms with Crippen molar-refractivity contribution in [3.8, 4) is 0 Å². The van der Waals surface area contributed by atoms with Crippen LogP contribution in [0.25, 0.3) is 0 Å². The van der Waals surface area contributed by atoms with E-state index in [1.165, 1.54) is 11.1 Å². The van der Waals surface area contributed by atoms with Crippen molar-refractivity contribution in [2.75, 3.05) is 0 Å². The first-order valence-corrected chi connectivity index (χ1v) is 6.60. The Morgan fingerprint density at radius 2 is 1.16 bits per heavy atom. The first kappa shape index (κ1) is 18.7. The fourth-order valence-corrected chi connectivity index (χ4v) is 1.58. The van der Waals surface area contributed by atoms with Crippen LogP contribution in [0.2, 0.25) is 0 Å². The van der Waals surface area contributed by atoms with Gasteiger partial charge in [-0.1, -0.05) is 72.9 Å². The molecule has 2 N–H and O–H groups in total. The molecular formula is C15H18NNaS2. The molecule has 0 aliphatic rings. The van der Waals surface area contributed by atoms with Crippen molar-refractivity contribution in [3.63, 3.8) is 0 Å². The third kappa shape index (κ3) is 10.2. The Bertz CT molecular complexity index is 422. The molecule has 2 rings (SSSR count). The number of nitrogens with two attached hydrogens (primary N) is 1. The minimum Gasteiger partial charge on any atom is -1.00 e. The fraction of sp³-hybridized carbons (Fsp3) is 0.133. The van der Waals surface area contributed by atoms with Crippen molar-refractivity contribution in [1.29, 1.82) is 0 Å². The summed E-state index contributed by atoms with van der Waals surface area (Å²) >= 11 is 7.65. The van der Waals surface area contributed by atoms with E-state index in [0.29, 0.717) is 0 Å². The Hall–Kier alpha value is -0.320. The second-order valence-electron chi connectivity index (χ2n) is 3.81. The monoisotopic (exact) mass is 299 g/mol. The largest absolute Gasteiger partial charge is 1.00 e. The van der Waals surface area contributed by atoms with E-state index in [0.717, 1.165) is 12.8 Å². The number of benzene rings is 2. The van der Waals surface area contributed by atoms with Crippen molar-refractivity contribution in [2.24, 2.45) is 5.73 Å². The van der Waals surface area contributed by atoms with Gasteiger partial charge in [0, 0.05) is 0 Å². The second-order valence-corrected chi connectivity index (χ2v) is 5.03. The minimum absolute atomic E-state index is 0. The summed E-state index contributed by atoms with van der Waals surface area (Å²) < 4.78 is 0.194. The van der Waals surface area contributed by atoms with Gasteiger partial charge in [0.15, 0.2) is 0 Å². The van der Waals surface area contributed by atoms with Crippen LogP contribution < -0.4 is 35.3 Å². The molecule has 0 unspecified atom stereocenters. The van der Waals surface area contributed by atoms with Crippen molar-refractivity contribution in [2.45, 2.75) is 12.8 Å². The second kappa shape index (κ2) is 11.5. The molecule has 0 saturated carbocycles. The molecule has 0 spiro atoms. The van der Waals surface area contributed by atoms with E-state index >= 15 is 0 Å². The third-order valence-corrected chi connectivity index (χ3v) is 2.39. The van der Waals surface area contributed by atoms with E-state index in [9.17, 15) is 0 Å². The molecule has 2 aromatic carbocycles. The molecule has 0 fully saturated rings. The van der Waals surface area contributed by atoms with Gasteiger partial charge in [0.2, 0.25) is 0 Å². The van der Waals surface area contributed by atoms with Gasteiger partial charge in [0.05, 0.1) is 0 Å². The average molecular weight is 299 g/mol. The maximum absolute atomic E-state index is 4.71. The first-order valence-electron chi connectivity index (χ1n) is 5.74. The van der Waals surface area contributed by atoms with Crippen LogP contribution >= 0.6 is 24.8 Å². The van der Waals surface area contributed by atoms with Crippen LogP contribution in [-0.2, 0) is 12.8 Å². The topological polar surface area (TPSA) is 26.0 Å². The van der Waals surface area contributed by atoms with Crippen LogP contribution in [0.1, 0.15) is 12.6 Å². The van der Waals surface area contributed by atoms with Crippen LogP contribution in [-0.4, -0.2) is 4.32 Å². The molecule has 0 atom stereocenters. The molecule has 4 heteroatoms. The van der Waals surface area contributed by atoms with E-state index < -0.39 is 0 Å². The van der Waals surface area contributed by atoms with E-state index in [1.54, 1.807) is 0 Å². The summed E-state index contributed by atoms with van der Waals surface area (Å²) in [6, 6.07) is 21.2. The quantitative estimate of drug-likeness (QED) is 0.497. The Kier molecular flexibility index (Phi) is 11.3. The Balaban J connectivity index is 0. The average Bonchev–Trinajstić information content (AvgIpc) is 2.38. The summed E-state index contributed by atoms with van der Waals surface area (Å²) in [5.74, 6) is 0. The molecule has 0 amide bonds. The van der Waals surface area contributed by atoms with Crippen molar-refractivity contribution in [3.05, 3.63) is 71.8 Å². The summed E-state index contributed by atoms with van der Waals surface area (Å²) in [5.41, 5.74) is 7.53. The smallest absolute Gasteiger partial charge is 1.00 e. The zero-order chi connectivity index (χ0) is 13.2. The SMILES string of the molecule is NC(=S)S.[H-].[Na+].c1ccc(CCc2ccccc2)cc1. The maximum atomic E-state index is 4.71. The summed E-state index contributed by atoms with van der Waals surface area (Å²) in [6.07, 6.45) is 2.26. The molecule has 0 heterocycles. The van der Waals surface area contributed by atoms with E-state index in [-0.39, 0.29) is 35.3 Å². The van der Waals surface area contributed by atoms with Gasteiger partial charge < -0.3 is 7.16 Å². The van der Waals surface area contributed by atoms with Gasteiger partial charge in [-0.25, -0.2) is 0 Å². The predicted molar refractivity (Wildman–Crippen MR) is 87.2 cm³/mol. The van der Waals surface area contributed by atoms with Gasteiger partial charge in [0.1, 0.15) is 4.32 Å². The van der Waals surface area contributed by atoms with E-state index in [1.807, 2.05) is 0 Å². The number of rotatable bonds is 3. The number of thiocarbonyl (C=S) groups is 1. The van der Waals surface area contributed by atoms with Crippen LogP contribution in [0, 0.1) is 0 Å². The van der Waals surface area contributed by atoms with Crippen molar-refractivity contribution >= 4 is 29.2 Å². The maximum Gasteiger partial charge on any atom is 1.00 e. The van der Waals surface area contributed by atoms with Gasteiger partial charge in [-0.3, -0.25) is 0 Å². The minimum atomic E-state index is 0. The van der Waals surface area contributed by atoms with Crippen molar-refractivity contribution < 1.29 is 31.0 Å². The van der Waals surface area contributed by atoms with Crippen LogP contribution in [0.15, 0.2) is 60.7 Å². The number of hydrogen-bond donors (Lipinski definition) is 2. The van der Waals surface area contributed by atoms with Crippen molar-refractivity contribution in [1.82, 2.24) is 0 Å². The number of aryl methyl sites for hydroxylation is 2. The molecule has 0 aliphatic carbocycles. The van der Waals surface area contributed by atoms with Crippen LogP contribution in [0.5, 0.6) is 0 Å². The predicted octanol–water partition coefficient (Wildman–Crippen LogP) is 0.748. The molecule has 2 aromatic rings. The summed E-state index contributed by atoms with van der Waals surface area (Å²) in [7, 11) is 0. The standard InChI is InChI=1S/C14H14.CH3NS2.Na.H/c1-3-7-13(8-4-1)11-12-14-9-5-2-6-10-14;2-1(3)4;;/h1-10H,11-12H2;(H3,2,3,4);;/q;;+1;-1. The molecule has 1 nitrogen and oxygen atoms in total. The van der Waals surface area contributed by atoms with E-state index in [2.05, 4.69) is 85.5 Å². The number of hydrogen-bond acceptors (Lipinski definition) is 1. The van der Waals surface area contributed by atoms with Gasteiger partial charge in [-0.05, 0) is 24.0 Å². The van der Waals surface area contributed by atoms with Gasteiger partial charge >= 0.3 is 29.6 Å². The van der Waals surface area contributed by atoms with Gasteiger partial charge in [0.25, 0.3) is 0 Å². The molecule has 19 heavy (non-hydrogen) atoms. The van der Waals surface area contributed by atoms with Crippen LogP contribution in [0.3, 0.4) is 0 Å². The molecule has 0 aromatic heterocycles. The summed E-state index contributed by atoms with van der Waals surface area (Å²) in [6.45, 7) is 0. The molecule has 96 valence electrons. The molecule has 0 aliphatic heterocycles. The fourth-order valence-electron chi connectivity index (χ4n) is 1.58. The third-order valence-electron chi connectivity index (χ3n) is 2.39. The molecule has 0 bridgehead atoms. The normalized spacial score (nSPS) is 8.68. The number of thiol groups is 1. The van der Waals surface area contributed by atoms with E-state index in [4.69, 9.17) is 5.73 Å². The summed E-state index contributed by atoms with van der Waals surface area (Å²) in [5, 5.41) is 0. The molecule has 0 radical (unpaired) electrons. The zero-order valence-electron chi connectivity index (χ0n) is 12.1. The zero-order valence-corrected chi connectivity index (χ0v) is 14.8. The van der Waals surface area contributed by atoms with Crippen LogP contribution in [0.4, 0.5) is 0 Å². The summed E-state index contributed by atoms with van der Waals surface area (Å²) in [4.78, 5) is 0. The first-order chi connectivity index (χ1) is 8.68. The molecular weight excluding hydrogens is 281 g/mol. The molecule has 0 saturated heterocycles. The Labute approximate surface area is 149 Å². The van der Waals surface area contributed by atoms with Gasteiger partial charge in [-0.15, -0.1) is 12.6 Å².